The van der Waals surface area contributed by atoms with Crippen LogP contribution in [0.1, 0.15) is 62.6 Å². The maximum absolute atomic E-state index is 12.3. The average Bonchev–Trinajstić information content (AvgIpc) is 3.02. The van der Waals surface area contributed by atoms with Gasteiger partial charge in [0.2, 0.25) is 0 Å². The summed E-state index contributed by atoms with van der Waals surface area (Å²) in [6, 6.07) is 0. The van der Waals surface area contributed by atoms with Crippen LogP contribution in [0.4, 0.5) is 5.82 Å². The second-order valence-electron chi connectivity index (χ2n) is 8.20. The Morgan fingerprint density at radius 2 is 1.81 bits per heavy atom. The van der Waals surface area contributed by atoms with E-state index in [1.165, 1.54) is 19.3 Å². The highest BCUT2D eigenvalue weighted by Crippen LogP contribution is 2.57. The second kappa shape index (κ2) is 6.48. The summed E-state index contributed by atoms with van der Waals surface area (Å²) in [6.45, 7) is 0. The maximum Gasteiger partial charge on any atom is 0.350 e. The molecule has 4 saturated carbocycles. The molecule has 0 aromatic carbocycles. The molecule has 1 aromatic heterocycles. The molecule has 4 bridgehead atoms. The monoisotopic (exact) mass is 361 g/mol. The fourth-order valence-corrected chi connectivity index (χ4v) is 5.57. The molecular formula is C18H23N3O5. The molecule has 26 heavy (non-hydrogen) atoms. The maximum atomic E-state index is 12.3. The van der Waals surface area contributed by atoms with Crippen LogP contribution < -0.4 is 0 Å². The summed E-state index contributed by atoms with van der Waals surface area (Å²) in [5.74, 6) is 1.08. The third-order valence-corrected chi connectivity index (χ3v) is 6.16. The summed E-state index contributed by atoms with van der Waals surface area (Å²) in [7, 11) is 0. The fraction of sp³-hybridized carbons (Fsp3) is 0.722. The highest BCUT2D eigenvalue weighted by atomic mass is 16.6. The minimum Gasteiger partial charge on any atom is -0.459 e. The summed E-state index contributed by atoms with van der Waals surface area (Å²) in [4.78, 5) is 38.2. The SMILES string of the molecule is O=C(CCCC(=O)n1cncc1[N+](=O)[O-])OC12CC3CC(CC(C3)C1)C2. The van der Waals surface area contributed by atoms with E-state index >= 15 is 0 Å². The van der Waals surface area contributed by atoms with Gasteiger partial charge in [0, 0.05) is 6.42 Å². The lowest BCUT2D eigenvalue weighted by Gasteiger charge is -2.55. The number of hydrogen-bond donors (Lipinski definition) is 0. The Kier molecular flexibility index (Phi) is 4.28. The predicted octanol–water partition coefficient (Wildman–Crippen LogP) is 3.11. The number of nitro groups is 1. The average molecular weight is 361 g/mol. The van der Waals surface area contributed by atoms with Gasteiger partial charge in [-0.25, -0.2) is 9.78 Å². The normalized spacial score (nSPS) is 31.8. The molecule has 4 aliphatic rings. The highest BCUT2D eigenvalue weighted by molar-refractivity contribution is 5.81. The summed E-state index contributed by atoms with van der Waals surface area (Å²) in [5.41, 5.74) is -0.265. The number of carbonyl (C=O) groups is 2. The van der Waals surface area contributed by atoms with Gasteiger partial charge in [0.05, 0.1) is 6.42 Å². The number of nitrogens with zero attached hydrogens (tertiary/aromatic N) is 3. The van der Waals surface area contributed by atoms with Gasteiger partial charge in [-0.1, -0.05) is 0 Å². The molecule has 4 aliphatic carbocycles. The zero-order valence-electron chi connectivity index (χ0n) is 14.6. The number of hydrogen-bond acceptors (Lipinski definition) is 6. The minimum absolute atomic E-state index is 0.0488. The van der Waals surface area contributed by atoms with Crippen LogP contribution in [0.2, 0.25) is 0 Å². The standard InChI is InChI=1S/C18H23N3O5/c22-16(20-11-19-10-15(20)21(24)25)2-1-3-17(23)26-18-7-12-4-13(8-18)6-14(5-12)9-18/h10-14H,1-9H2. The molecule has 0 aliphatic heterocycles. The zero-order valence-corrected chi connectivity index (χ0v) is 14.6. The van der Waals surface area contributed by atoms with Crippen LogP contribution in [-0.4, -0.2) is 32.0 Å². The van der Waals surface area contributed by atoms with E-state index in [0.717, 1.165) is 36.4 Å². The fourth-order valence-electron chi connectivity index (χ4n) is 5.57. The third-order valence-electron chi connectivity index (χ3n) is 6.16. The van der Waals surface area contributed by atoms with Crippen LogP contribution in [0.15, 0.2) is 12.5 Å². The van der Waals surface area contributed by atoms with Crippen molar-refractivity contribution in [1.82, 2.24) is 9.55 Å². The number of imidazole rings is 1. The van der Waals surface area contributed by atoms with Crippen LogP contribution in [0, 0.1) is 27.9 Å². The van der Waals surface area contributed by atoms with Crippen molar-refractivity contribution in [2.75, 3.05) is 0 Å². The summed E-state index contributed by atoms with van der Waals surface area (Å²) >= 11 is 0. The van der Waals surface area contributed by atoms with E-state index in [-0.39, 0.29) is 30.2 Å². The van der Waals surface area contributed by atoms with Crippen molar-refractivity contribution in [3.8, 4) is 0 Å². The van der Waals surface area contributed by atoms with Crippen molar-refractivity contribution >= 4 is 17.7 Å². The molecule has 140 valence electrons. The Morgan fingerprint density at radius 1 is 1.19 bits per heavy atom. The summed E-state index contributed by atoms with van der Waals surface area (Å²) < 4.78 is 6.83. The van der Waals surface area contributed by atoms with E-state index in [0.29, 0.717) is 24.2 Å². The van der Waals surface area contributed by atoms with Gasteiger partial charge in [0.1, 0.15) is 11.8 Å². The smallest absolute Gasteiger partial charge is 0.350 e. The Labute approximate surface area is 151 Å². The van der Waals surface area contributed by atoms with E-state index in [1.807, 2.05) is 0 Å². The minimum atomic E-state index is -0.647. The van der Waals surface area contributed by atoms with Gasteiger partial charge >= 0.3 is 17.7 Å². The number of rotatable bonds is 6. The molecular weight excluding hydrogens is 338 g/mol. The summed E-state index contributed by atoms with van der Waals surface area (Å²) in [5, 5.41) is 10.8. The highest BCUT2D eigenvalue weighted by Gasteiger charge is 2.53. The van der Waals surface area contributed by atoms with Crippen molar-refractivity contribution in [3.63, 3.8) is 0 Å². The molecule has 0 radical (unpaired) electrons. The van der Waals surface area contributed by atoms with Gasteiger partial charge in [0.15, 0.2) is 6.33 Å². The van der Waals surface area contributed by atoms with Gasteiger partial charge in [-0.15, -0.1) is 4.57 Å². The first kappa shape index (κ1) is 17.2. The molecule has 8 nitrogen and oxygen atoms in total. The number of esters is 1. The number of carbonyl (C=O) groups excluding carboxylic acids is 2. The third kappa shape index (κ3) is 3.24. The van der Waals surface area contributed by atoms with Crippen LogP contribution in [0.25, 0.3) is 0 Å². The van der Waals surface area contributed by atoms with E-state index in [1.54, 1.807) is 0 Å². The lowest BCUT2D eigenvalue weighted by molar-refractivity contribution is -0.390. The van der Waals surface area contributed by atoms with Gasteiger partial charge < -0.3 is 14.9 Å². The molecule has 5 rings (SSSR count). The molecule has 0 N–H and O–H groups in total. The topological polar surface area (TPSA) is 104 Å². The first-order valence-corrected chi connectivity index (χ1v) is 9.36. The van der Waals surface area contributed by atoms with Gasteiger partial charge in [0.25, 0.3) is 0 Å². The summed E-state index contributed by atoms with van der Waals surface area (Å²) in [6.07, 6.45) is 9.54. The molecule has 4 fully saturated rings. The quantitative estimate of drug-likeness (QED) is 0.438. The number of aromatic nitrogens is 2. The Bertz CT molecular complexity index is 706. The second-order valence-corrected chi connectivity index (χ2v) is 8.20. The first-order valence-electron chi connectivity index (χ1n) is 9.36. The van der Waals surface area contributed by atoms with Crippen LogP contribution in [-0.2, 0) is 9.53 Å². The first-order chi connectivity index (χ1) is 12.4. The van der Waals surface area contributed by atoms with E-state index in [9.17, 15) is 19.7 Å². The van der Waals surface area contributed by atoms with Crippen molar-refractivity contribution in [3.05, 3.63) is 22.6 Å². The lowest BCUT2D eigenvalue weighted by Crippen LogP contribution is -2.52. The Hall–Kier alpha value is -2.25. The van der Waals surface area contributed by atoms with Crippen LogP contribution in [0.5, 0.6) is 0 Å². The largest absolute Gasteiger partial charge is 0.459 e. The molecule has 0 atom stereocenters. The van der Waals surface area contributed by atoms with Crippen LogP contribution >= 0.6 is 0 Å². The van der Waals surface area contributed by atoms with Gasteiger partial charge in [-0.05, 0) is 67.6 Å². The van der Waals surface area contributed by atoms with Crippen molar-refractivity contribution in [2.24, 2.45) is 17.8 Å². The molecule has 0 saturated heterocycles. The molecule has 0 spiro atoms. The molecule has 0 amide bonds. The zero-order chi connectivity index (χ0) is 18.3. The molecule has 1 heterocycles. The Morgan fingerprint density at radius 3 is 2.38 bits per heavy atom. The van der Waals surface area contributed by atoms with E-state index < -0.39 is 10.8 Å². The number of ether oxygens (including phenoxy) is 1. The molecule has 0 unspecified atom stereocenters. The molecule has 8 heteroatoms. The van der Waals surface area contributed by atoms with Crippen molar-refractivity contribution in [1.29, 1.82) is 0 Å². The van der Waals surface area contributed by atoms with Crippen molar-refractivity contribution < 1.29 is 19.2 Å². The van der Waals surface area contributed by atoms with Crippen LogP contribution in [0.3, 0.4) is 0 Å². The van der Waals surface area contributed by atoms with Gasteiger partial charge in [-0.2, -0.15) is 0 Å². The van der Waals surface area contributed by atoms with Gasteiger partial charge in [-0.3, -0.25) is 4.79 Å². The van der Waals surface area contributed by atoms with E-state index in [4.69, 9.17) is 4.74 Å². The Balaban J connectivity index is 1.28. The van der Waals surface area contributed by atoms with E-state index in [2.05, 4.69) is 4.98 Å². The van der Waals surface area contributed by atoms with Crippen molar-refractivity contribution in [2.45, 2.75) is 63.4 Å². The predicted molar refractivity (Wildman–Crippen MR) is 90.4 cm³/mol. The lowest BCUT2D eigenvalue weighted by atomic mass is 9.54. The molecule has 1 aromatic rings.